The van der Waals surface area contributed by atoms with E-state index in [4.69, 9.17) is 4.74 Å². The fourth-order valence-corrected chi connectivity index (χ4v) is 4.15. The first kappa shape index (κ1) is 20.7. The summed E-state index contributed by atoms with van der Waals surface area (Å²) in [7, 11) is 0. The van der Waals surface area contributed by atoms with Gasteiger partial charge >= 0.3 is 6.18 Å². The number of anilines is 1. The van der Waals surface area contributed by atoms with Gasteiger partial charge in [-0.3, -0.25) is 0 Å². The van der Waals surface area contributed by atoms with Crippen molar-refractivity contribution in [1.82, 2.24) is 25.3 Å². The Labute approximate surface area is 182 Å². The van der Waals surface area contributed by atoms with Crippen molar-refractivity contribution >= 4 is 22.6 Å². The van der Waals surface area contributed by atoms with Crippen LogP contribution in [0.4, 0.5) is 19.1 Å². The molecule has 32 heavy (non-hydrogen) atoms. The highest BCUT2D eigenvalue weighted by Gasteiger charge is 2.36. The van der Waals surface area contributed by atoms with E-state index in [2.05, 4.69) is 30.6 Å². The molecule has 2 aliphatic rings. The molecule has 10 heteroatoms. The van der Waals surface area contributed by atoms with Gasteiger partial charge in [0.25, 0.3) is 0 Å². The second-order valence-corrected chi connectivity index (χ2v) is 8.05. The van der Waals surface area contributed by atoms with Crippen molar-refractivity contribution in [3.8, 4) is 11.3 Å². The fourth-order valence-electron chi connectivity index (χ4n) is 4.15. The topological polar surface area (TPSA) is 87.8 Å². The molecule has 0 unspecified atom stereocenters. The average Bonchev–Trinajstić information content (AvgIpc) is 3.23. The average molecular weight is 444 g/mol. The molecule has 1 fully saturated rings. The number of allylic oxidation sites excluding steroid dienone is 1. The number of nitrogens with zero attached hydrogens (tertiary/aromatic N) is 3. The van der Waals surface area contributed by atoms with Crippen molar-refractivity contribution in [1.29, 1.82) is 0 Å². The van der Waals surface area contributed by atoms with Gasteiger partial charge < -0.3 is 20.4 Å². The number of fused-ring (bicyclic) bond motifs is 1. The lowest BCUT2D eigenvalue weighted by atomic mass is 10.0. The molecule has 0 saturated carbocycles. The second-order valence-electron chi connectivity index (χ2n) is 8.05. The lowest BCUT2D eigenvalue weighted by Crippen LogP contribution is -2.38. The first-order valence-corrected chi connectivity index (χ1v) is 10.7. The summed E-state index contributed by atoms with van der Waals surface area (Å²) in [6.07, 6.45) is 3.15. The number of aromatic nitrogens is 4. The van der Waals surface area contributed by atoms with E-state index < -0.39 is 11.7 Å². The molecule has 3 aromatic rings. The van der Waals surface area contributed by atoms with Gasteiger partial charge in [-0.05, 0) is 44.4 Å². The Bertz CT molecular complexity index is 1150. The molecule has 2 aliphatic heterocycles. The first-order chi connectivity index (χ1) is 15.5. The number of ether oxygens (including phenoxy) is 1. The molecule has 0 aromatic carbocycles. The van der Waals surface area contributed by atoms with Crippen LogP contribution in [0.25, 0.3) is 27.9 Å². The van der Waals surface area contributed by atoms with Gasteiger partial charge in [0.05, 0.1) is 24.3 Å². The van der Waals surface area contributed by atoms with E-state index in [1.54, 1.807) is 12.3 Å². The molecule has 5 heterocycles. The number of hydrogen-bond acceptors (Lipinski definition) is 6. The fraction of sp³-hybridized carbons (Fsp3) is 0.409. The third-order valence-corrected chi connectivity index (χ3v) is 5.78. The van der Waals surface area contributed by atoms with Gasteiger partial charge in [-0.15, -0.1) is 0 Å². The molecule has 1 atom stereocenters. The van der Waals surface area contributed by atoms with E-state index in [-0.39, 0.29) is 17.7 Å². The van der Waals surface area contributed by atoms with Gasteiger partial charge in [0, 0.05) is 41.5 Å². The number of aromatic amines is 1. The van der Waals surface area contributed by atoms with E-state index >= 15 is 0 Å². The summed E-state index contributed by atoms with van der Waals surface area (Å²) in [5, 5.41) is 7.00. The molecule has 0 amide bonds. The summed E-state index contributed by atoms with van der Waals surface area (Å²) in [5.41, 5.74) is 1.52. The SMILES string of the molecule is FC(F)(F)c1cnc(N[C@H]2CCCNC2)nc1-c1c[nH]c2nc(C3=COCCC3)ccc12. The van der Waals surface area contributed by atoms with Crippen molar-refractivity contribution in [3.05, 3.63) is 42.0 Å². The monoisotopic (exact) mass is 444 g/mol. The summed E-state index contributed by atoms with van der Waals surface area (Å²) < 4.78 is 46.7. The van der Waals surface area contributed by atoms with Gasteiger partial charge in [-0.2, -0.15) is 13.2 Å². The number of nitrogens with one attached hydrogen (secondary N) is 3. The lowest BCUT2D eigenvalue weighted by molar-refractivity contribution is -0.137. The minimum atomic E-state index is -4.58. The summed E-state index contributed by atoms with van der Waals surface area (Å²) in [5.74, 6) is 0.185. The molecule has 7 nitrogen and oxygen atoms in total. The Hall–Kier alpha value is -3.14. The third-order valence-electron chi connectivity index (χ3n) is 5.78. The molecule has 0 aliphatic carbocycles. The van der Waals surface area contributed by atoms with Crippen LogP contribution in [0.3, 0.4) is 0 Å². The van der Waals surface area contributed by atoms with Crippen molar-refractivity contribution in [3.63, 3.8) is 0 Å². The number of halogens is 3. The van der Waals surface area contributed by atoms with Gasteiger partial charge in [-0.1, -0.05) is 0 Å². The molecule has 168 valence electrons. The quantitative estimate of drug-likeness (QED) is 0.555. The molecule has 0 bridgehead atoms. The first-order valence-electron chi connectivity index (χ1n) is 10.7. The molecule has 3 N–H and O–H groups in total. The van der Waals surface area contributed by atoms with Gasteiger partial charge in [-0.25, -0.2) is 15.0 Å². The van der Waals surface area contributed by atoms with E-state index in [0.717, 1.165) is 56.2 Å². The number of hydrogen-bond donors (Lipinski definition) is 3. The van der Waals surface area contributed by atoms with Crippen LogP contribution >= 0.6 is 0 Å². The van der Waals surface area contributed by atoms with Crippen LogP contribution in [-0.2, 0) is 10.9 Å². The van der Waals surface area contributed by atoms with Crippen LogP contribution in [0.5, 0.6) is 0 Å². The van der Waals surface area contributed by atoms with E-state index in [1.165, 1.54) is 6.20 Å². The van der Waals surface area contributed by atoms with Gasteiger partial charge in [0.1, 0.15) is 11.2 Å². The maximum absolute atomic E-state index is 13.8. The minimum absolute atomic E-state index is 0.0755. The predicted molar refractivity (Wildman–Crippen MR) is 115 cm³/mol. The highest BCUT2D eigenvalue weighted by Crippen LogP contribution is 2.39. The number of pyridine rings is 1. The predicted octanol–water partition coefficient (Wildman–Crippen LogP) is 4.35. The normalized spacial score (nSPS) is 19.5. The van der Waals surface area contributed by atoms with Crippen molar-refractivity contribution < 1.29 is 17.9 Å². The van der Waals surface area contributed by atoms with Crippen LogP contribution in [0, 0.1) is 0 Å². The molecule has 5 rings (SSSR count). The molecular formula is C22H23F3N6O. The number of H-pyrrole nitrogens is 1. The van der Waals surface area contributed by atoms with E-state index in [9.17, 15) is 13.2 Å². The smallest absolute Gasteiger partial charge is 0.419 e. The summed E-state index contributed by atoms with van der Waals surface area (Å²) >= 11 is 0. The van der Waals surface area contributed by atoms with Gasteiger partial charge in [0.2, 0.25) is 5.95 Å². The number of piperidine rings is 1. The molecule has 0 spiro atoms. The van der Waals surface area contributed by atoms with Crippen molar-refractivity contribution in [2.75, 3.05) is 25.0 Å². The Kier molecular flexibility index (Phi) is 5.46. The maximum Gasteiger partial charge on any atom is 0.419 e. The Morgan fingerprint density at radius 1 is 1.16 bits per heavy atom. The minimum Gasteiger partial charge on any atom is -0.501 e. The zero-order valence-corrected chi connectivity index (χ0v) is 17.3. The highest BCUT2D eigenvalue weighted by atomic mass is 19.4. The molecule has 0 radical (unpaired) electrons. The Balaban J connectivity index is 1.54. The van der Waals surface area contributed by atoms with Crippen molar-refractivity contribution in [2.45, 2.75) is 37.9 Å². The summed E-state index contributed by atoms with van der Waals surface area (Å²) in [6.45, 7) is 2.34. The Morgan fingerprint density at radius 3 is 2.81 bits per heavy atom. The molecule has 1 saturated heterocycles. The maximum atomic E-state index is 13.8. The van der Waals surface area contributed by atoms with Gasteiger partial charge in [0.15, 0.2) is 0 Å². The van der Waals surface area contributed by atoms with Crippen LogP contribution in [0.2, 0.25) is 0 Å². The summed E-state index contributed by atoms with van der Waals surface area (Å²) in [4.78, 5) is 15.8. The van der Waals surface area contributed by atoms with Crippen molar-refractivity contribution in [2.24, 2.45) is 0 Å². The lowest BCUT2D eigenvalue weighted by Gasteiger charge is -2.24. The zero-order valence-electron chi connectivity index (χ0n) is 17.3. The third kappa shape index (κ3) is 4.14. The van der Waals surface area contributed by atoms with Crippen LogP contribution in [0.1, 0.15) is 36.9 Å². The second kappa shape index (κ2) is 8.42. The van der Waals surface area contributed by atoms with Crippen LogP contribution < -0.4 is 10.6 Å². The molecule has 3 aromatic heterocycles. The zero-order chi connectivity index (χ0) is 22.1. The summed E-state index contributed by atoms with van der Waals surface area (Å²) in [6, 6.07) is 3.66. The van der Waals surface area contributed by atoms with E-state index in [0.29, 0.717) is 23.2 Å². The van der Waals surface area contributed by atoms with Crippen LogP contribution in [0.15, 0.2) is 30.8 Å². The van der Waals surface area contributed by atoms with E-state index in [1.807, 2.05) is 6.07 Å². The molecular weight excluding hydrogens is 421 g/mol. The highest BCUT2D eigenvalue weighted by molar-refractivity contribution is 5.94. The Morgan fingerprint density at radius 2 is 2.06 bits per heavy atom. The number of rotatable bonds is 4. The standard InChI is InChI=1S/C22H23F3N6O/c23-22(24,25)17-11-28-21(29-14-4-1-7-26-9-14)31-19(17)16-10-27-20-15(16)5-6-18(30-20)13-3-2-8-32-12-13/h5-6,10-12,14,26H,1-4,7-9H2,(H,27,30)(H,28,29,31)/t14-/m0/s1. The largest absolute Gasteiger partial charge is 0.501 e. The van der Waals surface area contributed by atoms with Crippen LogP contribution in [-0.4, -0.2) is 45.7 Å². The number of alkyl halides is 3.